The van der Waals surface area contributed by atoms with E-state index in [9.17, 15) is 4.79 Å². The predicted octanol–water partition coefficient (Wildman–Crippen LogP) is 4.41. The molecule has 2 aromatic rings. The van der Waals surface area contributed by atoms with Crippen LogP contribution < -0.4 is 0 Å². The molecule has 2 rings (SSSR count). The van der Waals surface area contributed by atoms with Crippen LogP contribution in [0.4, 0.5) is 0 Å². The number of halogens is 1. The third-order valence-electron chi connectivity index (χ3n) is 2.84. The molecule has 0 spiro atoms. The van der Waals surface area contributed by atoms with Gasteiger partial charge >= 0.3 is 0 Å². The second kappa shape index (κ2) is 7.05. The fraction of sp³-hybridized carbons (Fsp3) is 0.267. The Morgan fingerprint density at radius 3 is 2.74 bits per heavy atom. The molecule has 19 heavy (non-hydrogen) atoms. The minimum Gasteiger partial charge on any atom is -0.334 e. The fourth-order valence-electron chi connectivity index (χ4n) is 1.93. The normalized spacial score (nSPS) is 10.4. The van der Waals surface area contributed by atoms with Crippen LogP contribution in [0.25, 0.3) is 0 Å². The molecule has 100 valence electrons. The van der Waals surface area contributed by atoms with Crippen molar-refractivity contribution >= 4 is 39.8 Å². The fourth-order valence-corrected chi connectivity index (χ4v) is 3.21. The lowest BCUT2D eigenvalue weighted by Crippen LogP contribution is -2.31. The molecule has 4 heteroatoms. The van der Waals surface area contributed by atoms with E-state index in [1.165, 1.54) is 5.56 Å². The first-order valence-corrected chi connectivity index (χ1v) is 8.29. The van der Waals surface area contributed by atoms with Gasteiger partial charge in [0.25, 0.3) is 5.91 Å². The molecule has 1 aromatic heterocycles. The minimum atomic E-state index is 0.123. The predicted molar refractivity (Wildman–Crippen MR) is 88.5 cm³/mol. The van der Waals surface area contributed by atoms with Crippen LogP contribution in [-0.4, -0.2) is 17.4 Å². The Balaban J connectivity index is 2.19. The van der Waals surface area contributed by atoms with Crippen LogP contribution in [0, 0.1) is 3.57 Å². The largest absolute Gasteiger partial charge is 0.334 e. The second-order valence-corrected chi connectivity index (χ2v) is 6.28. The average molecular weight is 385 g/mol. The van der Waals surface area contributed by atoms with Crippen molar-refractivity contribution in [1.29, 1.82) is 0 Å². The van der Waals surface area contributed by atoms with Gasteiger partial charge < -0.3 is 4.90 Å². The zero-order chi connectivity index (χ0) is 13.7. The Bertz CT molecular complexity index is 539. The number of hydrogen-bond donors (Lipinski definition) is 0. The van der Waals surface area contributed by atoms with Gasteiger partial charge in [0, 0.05) is 16.7 Å². The highest BCUT2D eigenvalue weighted by Gasteiger charge is 2.17. The van der Waals surface area contributed by atoms with Crippen LogP contribution in [0.3, 0.4) is 0 Å². The number of hydrogen-bond acceptors (Lipinski definition) is 2. The Kier molecular flexibility index (Phi) is 5.39. The molecule has 0 N–H and O–H groups in total. The van der Waals surface area contributed by atoms with E-state index >= 15 is 0 Å². The van der Waals surface area contributed by atoms with Crippen molar-refractivity contribution in [2.45, 2.75) is 19.9 Å². The lowest BCUT2D eigenvalue weighted by atomic mass is 10.2. The van der Waals surface area contributed by atoms with Gasteiger partial charge in [-0.3, -0.25) is 4.79 Å². The summed E-state index contributed by atoms with van der Waals surface area (Å²) in [6, 6.07) is 9.84. The van der Waals surface area contributed by atoms with Crippen molar-refractivity contribution in [2.24, 2.45) is 0 Å². The van der Waals surface area contributed by atoms with E-state index in [0.717, 1.165) is 22.1 Å². The SMILES string of the molecule is CCCN(Cc1ccsc1)C(=O)c1ccccc1I. The summed E-state index contributed by atoms with van der Waals surface area (Å²) < 4.78 is 1.01. The summed E-state index contributed by atoms with van der Waals surface area (Å²) >= 11 is 3.89. The maximum absolute atomic E-state index is 12.6. The van der Waals surface area contributed by atoms with Gasteiger partial charge in [-0.1, -0.05) is 19.1 Å². The zero-order valence-corrected chi connectivity index (χ0v) is 13.8. The molecular weight excluding hydrogens is 369 g/mol. The first kappa shape index (κ1) is 14.5. The molecule has 0 bridgehead atoms. The standard InChI is InChI=1S/C15H16INOS/c1-2-8-17(10-12-7-9-19-11-12)15(18)13-5-3-4-6-14(13)16/h3-7,9,11H,2,8,10H2,1H3. The van der Waals surface area contributed by atoms with E-state index in [2.05, 4.69) is 46.3 Å². The van der Waals surface area contributed by atoms with Crippen molar-refractivity contribution < 1.29 is 4.79 Å². The first-order chi connectivity index (χ1) is 9.22. The molecule has 0 fully saturated rings. The molecule has 1 aromatic carbocycles. The van der Waals surface area contributed by atoms with Crippen LogP contribution in [0.2, 0.25) is 0 Å². The first-order valence-electron chi connectivity index (χ1n) is 6.27. The second-order valence-electron chi connectivity index (χ2n) is 4.34. The number of benzene rings is 1. The third-order valence-corrected chi connectivity index (χ3v) is 4.51. The van der Waals surface area contributed by atoms with Crippen LogP contribution in [0.15, 0.2) is 41.1 Å². The van der Waals surface area contributed by atoms with Crippen LogP contribution in [0.5, 0.6) is 0 Å². The van der Waals surface area contributed by atoms with E-state index < -0.39 is 0 Å². The lowest BCUT2D eigenvalue weighted by Gasteiger charge is -2.22. The molecule has 0 aliphatic heterocycles. The molecule has 2 nitrogen and oxygen atoms in total. The van der Waals surface area contributed by atoms with Crippen LogP contribution >= 0.6 is 33.9 Å². The highest BCUT2D eigenvalue weighted by atomic mass is 127. The monoisotopic (exact) mass is 385 g/mol. The summed E-state index contributed by atoms with van der Waals surface area (Å²) in [7, 11) is 0. The van der Waals surface area contributed by atoms with Crippen molar-refractivity contribution in [3.63, 3.8) is 0 Å². The van der Waals surface area contributed by atoms with Crippen molar-refractivity contribution in [1.82, 2.24) is 4.90 Å². The maximum atomic E-state index is 12.6. The van der Waals surface area contributed by atoms with Gasteiger partial charge in [0.1, 0.15) is 0 Å². The number of thiophene rings is 1. The molecule has 0 atom stereocenters. The third kappa shape index (κ3) is 3.79. The van der Waals surface area contributed by atoms with E-state index in [1.54, 1.807) is 11.3 Å². The summed E-state index contributed by atoms with van der Waals surface area (Å²) in [5.74, 6) is 0.123. The Morgan fingerprint density at radius 2 is 2.11 bits per heavy atom. The van der Waals surface area contributed by atoms with Crippen molar-refractivity contribution in [3.8, 4) is 0 Å². The van der Waals surface area contributed by atoms with Gasteiger partial charge in [-0.15, -0.1) is 0 Å². The number of nitrogens with zero attached hydrogens (tertiary/aromatic N) is 1. The molecule has 0 saturated heterocycles. The maximum Gasteiger partial charge on any atom is 0.255 e. The summed E-state index contributed by atoms with van der Waals surface area (Å²) in [4.78, 5) is 14.5. The molecular formula is C15H16INOS. The van der Waals surface area contributed by atoms with Crippen LogP contribution in [-0.2, 0) is 6.54 Å². The number of rotatable bonds is 5. The average Bonchev–Trinajstić information content (AvgIpc) is 2.91. The Morgan fingerprint density at radius 1 is 1.32 bits per heavy atom. The zero-order valence-electron chi connectivity index (χ0n) is 10.8. The number of carbonyl (C=O) groups is 1. The van der Waals surface area contributed by atoms with Gasteiger partial charge in [-0.25, -0.2) is 0 Å². The summed E-state index contributed by atoms with van der Waals surface area (Å²) in [5, 5.41) is 4.15. The Labute approximate surface area is 131 Å². The number of amides is 1. The molecule has 0 radical (unpaired) electrons. The van der Waals surface area contributed by atoms with E-state index in [4.69, 9.17) is 0 Å². The topological polar surface area (TPSA) is 20.3 Å². The van der Waals surface area contributed by atoms with Gasteiger partial charge in [0.15, 0.2) is 0 Å². The van der Waals surface area contributed by atoms with E-state index in [1.807, 2.05) is 29.2 Å². The number of carbonyl (C=O) groups excluding carboxylic acids is 1. The van der Waals surface area contributed by atoms with Gasteiger partial charge in [-0.05, 0) is 63.5 Å². The summed E-state index contributed by atoms with van der Waals surface area (Å²) in [5.41, 5.74) is 2.00. The lowest BCUT2D eigenvalue weighted by molar-refractivity contribution is 0.0742. The molecule has 0 aliphatic rings. The minimum absolute atomic E-state index is 0.123. The van der Waals surface area contributed by atoms with Crippen molar-refractivity contribution in [2.75, 3.05) is 6.54 Å². The van der Waals surface area contributed by atoms with Crippen molar-refractivity contribution in [3.05, 3.63) is 55.8 Å². The van der Waals surface area contributed by atoms with Gasteiger partial charge in [0.05, 0.1) is 5.56 Å². The van der Waals surface area contributed by atoms with E-state index in [0.29, 0.717) is 6.54 Å². The molecule has 1 heterocycles. The van der Waals surface area contributed by atoms with Gasteiger partial charge in [-0.2, -0.15) is 11.3 Å². The molecule has 0 saturated carbocycles. The van der Waals surface area contributed by atoms with E-state index in [-0.39, 0.29) is 5.91 Å². The molecule has 1 amide bonds. The van der Waals surface area contributed by atoms with Crippen LogP contribution in [0.1, 0.15) is 29.3 Å². The molecule has 0 aliphatic carbocycles. The summed E-state index contributed by atoms with van der Waals surface area (Å²) in [6.07, 6.45) is 0.972. The quantitative estimate of drug-likeness (QED) is 0.699. The summed E-state index contributed by atoms with van der Waals surface area (Å²) in [6.45, 7) is 3.59. The highest BCUT2D eigenvalue weighted by Crippen LogP contribution is 2.17. The van der Waals surface area contributed by atoms with Gasteiger partial charge in [0.2, 0.25) is 0 Å². The Hall–Kier alpha value is -0.880. The highest BCUT2D eigenvalue weighted by molar-refractivity contribution is 14.1. The smallest absolute Gasteiger partial charge is 0.255 e. The molecule has 0 unspecified atom stereocenters.